The van der Waals surface area contributed by atoms with Gasteiger partial charge in [0.15, 0.2) is 5.96 Å². The molecule has 5 atom stereocenters. The van der Waals surface area contributed by atoms with Crippen LogP contribution in [0, 0.1) is 29.6 Å². The second-order valence-corrected chi connectivity index (χ2v) is 9.09. The van der Waals surface area contributed by atoms with Crippen molar-refractivity contribution >= 4 is 41.8 Å². The van der Waals surface area contributed by atoms with Crippen LogP contribution in [0.1, 0.15) is 25.7 Å². The summed E-state index contributed by atoms with van der Waals surface area (Å²) in [4.78, 5) is 33.8. The van der Waals surface area contributed by atoms with E-state index in [0.717, 1.165) is 25.0 Å². The molecule has 8 heteroatoms. The molecule has 5 unspecified atom stereocenters. The highest BCUT2D eigenvalue weighted by atomic mass is 127. The molecule has 4 fully saturated rings. The van der Waals surface area contributed by atoms with Crippen LogP contribution in [0.4, 0.5) is 0 Å². The van der Waals surface area contributed by atoms with Gasteiger partial charge < -0.3 is 15.5 Å². The summed E-state index contributed by atoms with van der Waals surface area (Å²) in [6.45, 7) is 4.29. The molecule has 0 aromatic heterocycles. The number of fused-ring (bicyclic) bond motifs is 5. The number of carbonyl (C=O) groups excluding carboxylic acids is 2. The highest BCUT2D eigenvalue weighted by molar-refractivity contribution is 14.0. The quantitative estimate of drug-likeness (QED) is 0.183. The van der Waals surface area contributed by atoms with Gasteiger partial charge in [0, 0.05) is 39.3 Å². The molecule has 0 radical (unpaired) electrons. The van der Waals surface area contributed by atoms with Crippen LogP contribution in [-0.2, 0) is 9.59 Å². The predicted molar refractivity (Wildman–Crippen MR) is 122 cm³/mol. The fraction of sp³-hybridized carbons (Fsp3) is 0.762. The van der Waals surface area contributed by atoms with E-state index in [-0.39, 0.29) is 59.5 Å². The van der Waals surface area contributed by atoms with Crippen LogP contribution < -0.4 is 10.6 Å². The number of guanidine groups is 1. The molecule has 2 aliphatic heterocycles. The maximum atomic E-state index is 12.7. The van der Waals surface area contributed by atoms with Gasteiger partial charge in [0.05, 0.1) is 11.8 Å². The van der Waals surface area contributed by atoms with Gasteiger partial charge in [-0.05, 0) is 50.0 Å². The van der Waals surface area contributed by atoms with Crippen LogP contribution in [0.25, 0.3) is 0 Å². The van der Waals surface area contributed by atoms with Crippen molar-refractivity contribution in [3.63, 3.8) is 0 Å². The molecule has 0 spiro atoms. The van der Waals surface area contributed by atoms with E-state index in [1.165, 1.54) is 37.3 Å². The Morgan fingerprint density at radius 3 is 2.41 bits per heavy atom. The third-order valence-electron chi connectivity index (χ3n) is 7.35. The zero-order chi connectivity index (χ0) is 19.3. The van der Waals surface area contributed by atoms with E-state index in [0.29, 0.717) is 19.0 Å². The zero-order valence-corrected chi connectivity index (χ0v) is 19.4. The van der Waals surface area contributed by atoms with Gasteiger partial charge in [0.2, 0.25) is 11.8 Å². The Morgan fingerprint density at radius 2 is 1.79 bits per heavy atom. The summed E-state index contributed by atoms with van der Waals surface area (Å²) in [7, 11) is 1.76. The number of nitrogens with zero attached hydrogens (tertiary/aromatic N) is 3. The minimum Gasteiger partial charge on any atom is -0.356 e. The topological polar surface area (TPSA) is 77.0 Å². The molecular formula is C21H32IN5O2. The van der Waals surface area contributed by atoms with Crippen LogP contribution in [-0.4, -0.2) is 73.4 Å². The molecule has 2 saturated heterocycles. The second-order valence-electron chi connectivity index (χ2n) is 9.09. The Hall–Kier alpha value is -1.16. The number of allylic oxidation sites excluding steroid dienone is 2. The van der Waals surface area contributed by atoms with E-state index in [1.807, 2.05) is 0 Å². The number of carbonyl (C=O) groups is 2. The second kappa shape index (κ2) is 8.53. The first-order valence-corrected chi connectivity index (χ1v) is 10.9. The lowest BCUT2D eigenvalue weighted by Gasteiger charge is -2.19. The van der Waals surface area contributed by atoms with Crippen molar-refractivity contribution in [2.75, 3.05) is 39.8 Å². The Morgan fingerprint density at radius 1 is 1.10 bits per heavy atom. The van der Waals surface area contributed by atoms with Crippen LogP contribution >= 0.6 is 24.0 Å². The van der Waals surface area contributed by atoms with Gasteiger partial charge in [0.1, 0.15) is 0 Å². The molecule has 2 heterocycles. The average molecular weight is 513 g/mol. The lowest BCUT2D eigenvalue weighted by molar-refractivity contribution is -0.140. The van der Waals surface area contributed by atoms with Crippen molar-refractivity contribution in [2.24, 2.45) is 34.6 Å². The minimum absolute atomic E-state index is 0. The number of halogens is 1. The summed E-state index contributed by atoms with van der Waals surface area (Å²) in [5, 5.41) is 6.69. The number of nitrogens with one attached hydrogen (secondary N) is 2. The molecule has 0 aromatic rings. The zero-order valence-electron chi connectivity index (χ0n) is 17.0. The summed E-state index contributed by atoms with van der Waals surface area (Å²) in [6, 6.07) is 0.850. The first kappa shape index (κ1) is 21.1. The summed E-state index contributed by atoms with van der Waals surface area (Å²) in [5.41, 5.74) is 0. The molecule has 160 valence electrons. The van der Waals surface area contributed by atoms with Crippen LogP contribution in [0.15, 0.2) is 17.1 Å². The number of likely N-dealkylation sites (tertiary alicyclic amines) is 2. The van der Waals surface area contributed by atoms with Crippen molar-refractivity contribution in [1.82, 2.24) is 20.4 Å². The fourth-order valence-electron chi connectivity index (χ4n) is 5.73. The Bertz CT molecular complexity index is 692. The summed E-state index contributed by atoms with van der Waals surface area (Å²) in [6.07, 6.45) is 9.24. The van der Waals surface area contributed by atoms with Gasteiger partial charge in [-0.15, -0.1) is 24.0 Å². The number of hydrogen-bond donors (Lipinski definition) is 2. The third-order valence-corrected chi connectivity index (χ3v) is 7.35. The lowest BCUT2D eigenvalue weighted by atomic mass is 9.85. The number of aliphatic imine (C=N–C) groups is 1. The summed E-state index contributed by atoms with van der Waals surface area (Å²) in [5.74, 6) is 1.84. The Labute approximate surface area is 189 Å². The smallest absolute Gasteiger partial charge is 0.233 e. The molecule has 7 nitrogen and oxygen atoms in total. The third kappa shape index (κ3) is 3.94. The van der Waals surface area contributed by atoms with Crippen molar-refractivity contribution < 1.29 is 9.59 Å². The molecule has 5 aliphatic rings. The van der Waals surface area contributed by atoms with Crippen LogP contribution in [0.2, 0.25) is 0 Å². The SMILES string of the molecule is CN=C(NCCN1C(=O)C2C3C=CC(C3)C2C1=O)NCC1CCN(C2CC2)C1.I. The number of imide groups is 1. The monoisotopic (exact) mass is 513 g/mol. The highest BCUT2D eigenvalue weighted by Crippen LogP contribution is 2.52. The molecule has 2 bridgehead atoms. The van der Waals surface area contributed by atoms with Crippen molar-refractivity contribution in [2.45, 2.75) is 31.7 Å². The van der Waals surface area contributed by atoms with Gasteiger partial charge in [-0.3, -0.25) is 19.5 Å². The predicted octanol–water partition coefficient (Wildman–Crippen LogP) is 1.06. The van der Waals surface area contributed by atoms with E-state index < -0.39 is 0 Å². The number of amides is 2. The maximum Gasteiger partial charge on any atom is 0.233 e. The van der Waals surface area contributed by atoms with Crippen molar-refractivity contribution in [1.29, 1.82) is 0 Å². The molecule has 5 rings (SSSR count). The molecule has 2 amide bonds. The highest BCUT2D eigenvalue weighted by Gasteiger charge is 2.58. The van der Waals surface area contributed by atoms with Gasteiger partial charge in [-0.2, -0.15) is 0 Å². The Balaban J connectivity index is 0.00000205. The lowest BCUT2D eigenvalue weighted by Crippen LogP contribution is -2.45. The van der Waals surface area contributed by atoms with Crippen LogP contribution in [0.5, 0.6) is 0 Å². The van der Waals surface area contributed by atoms with E-state index in [9.17, 15) is 9.59 Å². The average Bonchev–Trinajstić information content (AvgIpc) is 3.06. The van der Waals surface area contributed by atoms with Gasteiger partial charge in [-0.25, -0.2) is 0 Å². The molecule has 29 heavy (non-hydrogen) atoms. The normalized spacial score (nSPS) is 36.0. The summed E-state index contributed by atoms with van der Waals surface area (Å²) < 4.78 is 0. The Kier molecular flexibility index (Phi) is 6.20. The first-order chi connectivity index (χ1) is 13.7. The van der Waals surface area contributed by atoms with Crippen LogP contribution in [0.3, 0.4) is 0 Å². The van der Waals surface area contributed by atoms with Crippen molar-refractivity contribution in [3.8, 4) is 0 Å². The van der Waals surface area contributed by atoms with Gasteiger partial charge in [0.25, 0.3) is 0 Å². The van der Waals surface area contributed by atoms with E-state index in [4.69, 9.17) is 0 Å². The molecule has 0 aromatic carbocycles. The largest absolute Gasteiger partial charge is 0.356 e. The van der Waals surface area contributed by atoms with E-state index in [2.05, 4.69) is 32.7 Å². The summed E-state index contributed by atoms with van der Waals surface area (Å²) >= 11 is 0. The molecular weight excluding hydrogens is 481 g/mol. The van der Waals surface area contributed by atoms with Gasteiger partial charge in [-0.1, -0.05) is 12.2 Å². The standard InChI is InChI=1S/C21H31N5O2.HI/c1-22-21(24-11-13-6-8-25(12-13)16-4-5-16)23-7-9-26-19(27)17-14-2-3-15(10-14)18(17)20(26)28;/h2-3,13-18H,4-12H2,1H3,(H2,22,23,24);1H. The number of hydrogen-bond acceptors (Lipinski definition) is 4. The molecule has 2 N–H and O–H groups in total. The maximum absolute atomic E-state index is 12.7. The van der Waals surface area contributed by atoms with Gasteiger partial charge >= 0.3 is 0 Å². The molecule has 3 aliphatic carbocycles. The van der Waals surface area contributed by atoms with Crippen molar-refractivity contribution in [3.05, 3.63) is 12.2 Å². The van der Waals surface area contributed by atoms with E-state index >= 15 is 0 Å². The van der Waals surface area contributed by atoms with E-state index in [1.54, 1.807) is 7.05 Å². The number of rotatable bonds is 6. The first-order valence-electron chi connectivity index (χ1n) is 10.9. The minimum atomic E-state index is -0.100. The molecule has 2 saturated carbocycles. The fourth-order valence-corrected chi connectivity index (χ4v) is 5.73.